The number of rotatable bonds is 18. The van der Waals surface area contributed by atoms with Gasteiger partial charge in [0.25, 0.3) is 0 Å². The maximum atomic E-state index is 12.3. The smallest absolute Gasteiger partial charge is 0.407 e. The van der Waals surface area contributed by atoms with Crippen LogP contribution in [0.25, 0.3) is 0 Å². The number of hydrogen-bond acceptors (Lipinski definition) is 8. The quantitative estimate of drug-likeness (QED) is 0.0842. The predicted octanol–water partition coefficient (Wildman–Crippen LogP) is 4.72. The van der Waals surface area contributed by atoms with E-state index in [1.165, 1.54) is 0 Å². The molecule has 1 saturated heterocycles. The Balaban J connectivity index is 2.72. The molecule has 1 aliphatic heterocycles. The number of nitrogens with one attached hydrogen (secondary N) is 1. The number of cyclic esters (lactones) is 1. The lowest BCUT2D eigenvalue weighted by atomic mass is 9.82. The Morgan fingerprint density at radius 3 is 2.23 bits per heavy atom. The Morgan fingerprint density at radius 1 is 0.977 bits per heavy atom. The van der Waals surface area contributed by atoms with Gasteiger partial charge in [0, 0.05) is 42.6 Å². The summed E-state index contributed by atoms with van der Waals surface area (Å²) in [7, 11) is 0. The molecule has 0 bridgehead atoms. The number of carbonyl (C=O) groups is 2. The molecule has 0 aromatic heterocycles. The Morgan fingerprint density at radius 2 is 1.61 bits per heavy atom. The monoisotopic (exact) mass is 619 g/mol. The van der Waals surface area contributed by atoms with E-state index in [9.17, 15) is 30.0 Å². The first-order valence-corrected chi connectivity index (χ1v) is 15.8. The molecule has 0 aliphatic carbocycles. The van der Waals surface area contributed by atoms with Crippen LogP contribution in [0.15, 0.2) is 61.8 Å². The van der Waals surface area contributed by atoms with Crippen molar-refractivity contribution in [1.29, 1.82) is 0 Å². The third-order valence-corrected chi connectivity index (χ3v) is 8.76. The van der Waals surface area contributed by atoms with Gasteiger partial charge >= 0.3 is 12.1 Å². The number of hydrogen-bond donors (Lipinski definition) is 5. The van der Waals surface area contributed by atoms with Gasteiger partial charge in [0.1, 0.15) is 12.2 Å². The molecule has 5 N–H and O–H groups in total. The minimum atomic E-state index is -0.892. The molecular formula is C35H57NO8. The van der Waals surface area contributed by atoms with Gasteiger partial charge in [-0.3, -0.25) is 4.79 Å². The summed E-state index contributed by atoms with van der Waals surface area (Å²) in [6, 6.07) is 0. The molecule has 0 unspecified atom stereocenters. The molecule has 44 heavy (non-hydrogen) atoms. The number of amides is 1. The summed E-state index contributed by atoms with van der Waals surface area (Å²) >= 11 is 0. The molecule has 250 valence electrons. The van der Waals surface area contributed by atoms with Gasteiger partial charge in [-0.15, -0.1) is 6.58 Å². The molecule has 0 saturated carbocycles. The van der Waals surface area contributed by atoms with Gasteiger partial charge in [-0.2, -0.15) is 0 Å². The van der Waals surface area contributed by atoms with Gasteiger partial charge in [-0.05, 0) is 19.3 Å². The Hall–Kier alpha value is -2.72. The molecule has 1 fully saturated rings. The largest absolute Gasteiger partial charge is 0.462 e. The number of aliphatic hydroxyl groups is 4. The molecule has 0 spiro atoms. The van der Waals surface area contributed by atoms with E-state index in [4.69, 9.17) is 9.47 Å². The van der Waals surface area contributed by atoms with Crippen LogP contribution in [0.1, 0.15) is 61.3 Å². The van der Waals surface area contributed by atoms with E-state index in [2.05, 4.69) is 18.5 Å². The molecule has 1 heterocycles. The van der Waals surface area contributed by atoms with Gasteiger partial charge < -0.3 is 35.2 Å². The lowest BCUT2D eigenvalue weighted by molar-refractivity contribution is -0.179. The van der Waals surface area contributed by atoms with Gasteiger partial charge in [0.05, 0.1) is 30.3 Å². The molecule has 1 aliphatic rings. The Labute approximate surface area is 264 Å². The topological polar surface area (TPSA) is 146 Å². The lowest BCUT2D eigenvalue weighted by Gasteiger charge is -2.36. The van der Waals surface area contributed by atoms with E-state index in [1.54, 1.807) is 44.2 Å². The summed E-state index contributed by atoms with van der Waals surface area (Å²) in [6.07, 6.45) is 9.91. The highest BCUT2D eigenvalue weighted by molar-refractivity contribution is 5.73. The van der Waals surface area contributed by atoms with Crippen LogP contribution >= 0.6 is 0 Å². The third kappa shape index (κ3) is 12.3. The fourth-order valence-electron chi connectivity index (χ4n) is 5.51. The zero-order valence-corrected chi connectivity index (χ0v) is 27.6. The summed E-state index contributed by atoms with van der Waals surface area (Å²) in [6.45, 7) is 20.5. The van der Waals surface area contributed by atoms with Crippen molar-refractivity contribution in [3.8, 4) is 0 Å². The summed E-state index contributed by atoms with van der Waals surface area (Å²) in [5, 5.41) is 45.4. The number of ether oxygens (including phenoxy) is 2. The average molecular weight is 620 g/mol. The second kappa shape index (κ2) is 19.6. The van der Waals surface area contributed by atoms with E-state index < -0.39 is 54.6 Å². The third-order valence-electron chi connectivity index (χ3n) is 8.76. The first kappa shape index (κ1) is 39.3. The lowest BCUT2D eigenvalue weighted by Crippen LogP contribution is -2.47. The first-order chi connectivity index (χ1) is 20.7. The normalized spacial score (nSPS) is 27.1. The van der Waals surface area contributed by atoms with E-state index in [1.807, 2.05) is 52.8 Å². The van der Waals surface area contributed by atoms with Crippen molar-refractivity contribution in [2.45, 2.75) is 97.9 Å². The van der Waals surface area contributed by atoms with Crippen LogP contribution in [-0.4, -0.2) is 75.7 Å². The fraction of sp³-hybridized carbons (Fsp3) is 0.657. The van der Waals surface area contributed by atoms with Crippen LogP contribution in [0.2, 0.25) is 0 Å². The van der Waals surface area contributed by atoms with Crippen LogP contribution in [0.3, 0.4) is 0 Å². The number of allylic oxidation sites excluding steroid dienone is 3. The van der Waals surface area contributed by atoms with Gasteiger partial charge in [-0.25, -0.2) is 4.79 Å². The van der Waals surface area contributed by atoms with E-state index >= 15 is 0 Å². The fourth-order valence-corrected chi connectivity index (χ4v) is 5.51. The van der Waals surface area contributed by atoms with E-state index in [0.717, 1.165) is 0 Å². The van der Waals surface area contributed by atoms with Gasteiger partial charge in [0.15, 0.2) is 0 Å². The predicted molar refractivity (Wildman–Crippen MR) is 173 cm³/mol. The number of esters is 1. The Kier molecular flexibility index (Phi) is 17.5. The van der Waals surface area contributed by atoms with Crippen molar-refractivity contribution in [2.24, 2.45) is 41.4 Å². The van der Waals surface area contributed by atoms with Crippen molar-refractivity contribution in [3.05, 3.63) is 61.8 Å². The highest BCUT2D eigenvalue weighted by Gasteiger charge is 2.41. The van der Waals surface area contributed by atoms with Crippen molar-refractivity contribution in [1.82, 2.24) is 5.32 Å². The first-order valence-electron chi connectivity index (χ1n) is 15.8. The second-order valence-corrected chi connectivity index (χ2v) is 12.5. The van der Waals surface area contributed by atoms with Gasteiger partial charge in [0.2, 0.25) is 0 Å². The second-order valence-electron chi connectivity index (χ2n) is 12.5. The van der Waals surface area contributed by atoms with Gasteiger partial charge in [-0.1, -0.05) is 96.7 Å². The van der Waals surface area contributed by atoms with Crippen molar-refractivity contribution in [2.75, 3.05) is 6.54 Å². The van der Waals surface area contributed by atoms with Crippen molar-refractivity contribution in [3.63, 3.8) is 0 Å². The molecular weight excluding hydrogens is 562 g/mol. The van der Waals surface area contributed by atoms with E-state index in [0.29, 0.717) is 6.42 Å². The molecule has 1 rings (SSSR count). The molecule has 1 amide bonds. The summed E-state index contributed by atoms with van der Waals surface area (Å²) < 4.78 is 11.1. The number of carbonyl (C=O) groups excluding carboxylic acids is 2. The summed E-state index contributed by atoms with van der Waals surface area (Å²) in [5.41, 5.74) is 0. The highest BCUT2D eigenvalue weighted by Crippen LogP contribution is 2.30. The average Bonchev–Trinajstić information content (AvgIpc) is 3.00. The molecule has 0 radical (unpaired) electrons. The molecule has 9 heteroatoms. The van der Waals surface area contributed by atoms with Crippen LogP contribution in [0, 0.1) is 41.4 Å². The van der Waals surface area contributed by atoms with Crippen LogP contribution in [0.5, 0.6) is 0 Å². The molecule has 0 aromatic rings. The van der Waals surface area contributed by atoms with Crippen LogP contribution < -0.4 is 5.32 Å². The van der Waals surface area contributed by atoms with Crippen molar-refractivity contribution >= 4 is 12.1 Å². The highest BCUT2D eigenvalue weighted by atomic mass is 16.6. The molecule has 9 nitrogen and oxygen atoms in total. The minimum absolute atomic E-state index is 0.145. The maximum absolute atomic E-state index is 12.3. The Bertz CT molecular complexity index is 993. The molecule has 13 atom stereocenters. The number of aliphatic hydroxyl groups excluding tert-OH is 4. The van der Waals surface area contributed by atoms with E-state index in [-0.39, 0.29) is 48.5 Å². The SMILES string of the molecule is C=C/C=C\[C@H](C)[C@H](OC(=O)NCC=C)[C@@H](C)[C@H](O)[C@@H](C)C/C=C\[C@H](C)[C@@H](O)[C@@H](C)/C=C\[C@@H](O)C[C@@H]1OC(=O)[C@H](C)[C@@H](O)[C@H]1C. The summed E-state index contributed by atoms with van der Waals surface area (Å²) in [4.78, 5) is 24.3. The number of alkyl carbamates (subject to hydrolysis) is 1. The maximum Gasteiger partial charge on any atom is 0.407 e. The molecule has 0 aromatic carbocycles. The standard InChI is InChI=1S/C35H57NO8/c1-10-12-14-24(6)33(44-35(42)36-19-11-2)26(8)31(39)22(4)16-13-15-21(3)30(38)23(5)17-18-28(37)20-29-25(7)32(40)27(9)34(41)43-29/h10-15,17-18,21-33,37-40H,1-2,16,19-20H2,3-9H3,(H,36,42)/b14-12-,15-13-,18-17-/t21-,22-,23-,24-,25-,26-,27+,28+,29-,30+,31+,32-,33-/m0/s1. The minimum Gasteiger partial charge on any atom is -0.462 e. The van der Waals surface area contributed by atoms with Crippen molar-refractivity contribution < 1.29 is 39.5 Å². The zero-order valence-electron chi connectivity index (χ0n) is 27.6. The zero-order chi connectivity index (χ0) is 33.6. The van der Waals surface area contributed by atoms with Crippen LogP contribution in [-0.2, 0) is 14.3 Å². The van der Waals surface area contributed by atoms with Crippen LogP contribution in [0.4, 0.5) is 4.79 Å². The summed E-state index contributed by atoms with van der Waals surface area (Å²) in [5.74, 6) is -2.47.